The molecule has 0 saturated carbocycles. The Kier molecular flexibility index (Phi) is 5.54. The van der Waals surface area contributed by atoms with Crippen LogP contribution in [0.2, 0.25) is 0 Å². The zero-order valence-corrected chi connectivity index (χ0v) is 16.7. The van der Waals surface area contributed by atoms with Crippen molar-refractivity contribution < 1.29 is 23.3 Å². The molecule has 0 aliphatic carbocycles. The van der Waals surface area contributed by atoms with E-state index >= 15 is 0 Å². The zero-order valence-electron chi connectivity index (χ0n) is 16.7. The molecular weight excluding hydrogens is 374 g/mol. The monoisotopic (exact) mass is 401 g/mol. The van der Waals surface area contributed by atoms with Crippen molar-refractivity contribution in [1.29, 1.82) is 0 Å². The van der Waals surface area contributed by atoms with Gasteiger partial charge >= 0.3 is 6.61 Å². The van der Waals surface area contributed by atoms with Crippen LogP contribution in [0, 0.1) is 0 Å². The number of rotatable bonds is 5. The smallest absolute Gasteiger partial charge is 0.387 e. The number of hydrazine groups is 1. The van der Waals surface area contributed by atoms with Crippen molar-refractivity contribution in [3.8, 4) is 5.75 Å². The number of aliphatic hydroxyl groups is 1. The standard InChI is InChI=1S/C23H27F2N2O2/c1-2-17-6-8-18(9-7-17)21-16-23(28,27-15-5-3-4-14-26(21)27)19-10-12-20(13-11-19)29-22(24)25/h6-13,22,28H,2-5,14-16H2,1H3/q+1. The fourth-order valence-electron chi connectivity index (χ4n) is 4.36. The zero-order chi connectivity index (χ0) is 20.4. The SMILES string of the molecule is CCc1ccc(C2=[N+]3CCCCCN3C(O)(c3ccc(OC(F)F)cc3)C2)cc1. The Morgan fingerprint density at radius 2 is 1.79 bits per heavy atom. The van der Waals surface area contributed by atoms with Gasteiger partial charge in [0.05, 0.1) is 13.0 Å². The molecule has 2 aliphatic rings. The number of fused-ring (bicyclic) bond motifs is 1. The van der Waals surface area contributed by atoms with E-state index in [1.165, 1.54) is 17.7 Å². The van der Waals surface area contributed by atoms with E-state index < -0.39 is 12.3 Å². The minimum absolute atomic E-state index is 0.0948. The molecule has 6 heteroatoms. The number of hydrazone groups is 1. The van der Waals surface area contributed by atoms with E-state index in [0.717, 1.165) is 50.0 Å². The van der Waals surface area contributed by atoms with Crippen LogP contribution >= 0.6 is 0 Å². The fourth-order valence-corrected chi connectivity index (χ4v) is 4.36. The van der Waals surface area contributed by atoms with E-state index in [1.807, 2.05) is 5.01 Å². The molecule has 4 nitrogen and oxygen atoms in total. The molecule has 0 amide bonds. The lowest BCUT2D eigenvalue weighted by atomic mass is 9.94. The normalized spacial score (nSPS) is 22.0. The second kappa shape index (κ2) is 8.11. The van der Waals surface area contributed by atoms with Gasteiger partial charge < -0.3 is 9.84 Å². The first-order valence-electron chi connectivity index (χ1n) is 10.3. The van der Waals surface area contributed by atoms with Crippen molar-refractivity contribution in [2.24, 2.45) is 0 Å². The third kappa shape index (κ3) is 3.86. The predicted molar refractivity (Wildman–Crippen MR) is 107 cm³/mol. The van der Waals surface area contributed by atoms with Gasteiger partial charge in [0, 0.05) is 17.5 Å². The molecular formula is C23H27F2N2O2+. The van der Waals surface area contributed by atoms with Gasteiger partial charge in [-0.2, -0.15) is 8.78 Å². The summed E-state index contributed by atoms with van der Waals surface area (Å²) >= 11 is 0. The first kappa shape index (κ1) is 19.8. The highest BCUT2D eigenvalue weighted by Crippen LogP contribution is 2.38. The van der Waals surface area contributed by atoms with E-state index in [4.69, 9.17) is 0 Å². The molecule has 1 N–H and O–H groups in total. The van der Waals surface area contributed by atoms with Gasteiger partial charge in [-0.25, -0.2) is 0 Å². The van der Waals surface area contributed by atoms with Crippen LogP contribution in [0.1, 0.15) is 49.3 Å². The Bertz CT molecular complexity index is 881. The summed E-state index contributed by atoms with van der Waals surface area (Å²) in [6.45, 7) is 0.888. The van der Waals surface area contributed by atoms with E-state index in [9.17, 15) is 13.9 Å². The Morgan fingerprint density at radius 1 is 1.07 bits per heavy atom. The Labute approximate surface area is 170 Å². The lowest BCUT2D eigenvalue weighted by molar-refractivity contribution is -0.706. The molecule has 2 heterocycles. The lowest BCUT2D eigenvalue weighted by Gasteiger charge is -2.30. The average Bonchev–Trinajstić information content (AvgIpc) is 2.87. The predicted octanol–water partition coefficient (Wildman–Crippen LogP) is 4.30. The molecule has 1 atom stereocenters. The van der Waals surface area contributed by atoms with E-state index in [2.05, 4.69) is 40.6 Å². The number of benzene rings is 2. The molecule has 0 aromatic heterocycles. The van der Waals surface area contributed by atoms with Crippen LogP contribution in [0.5, 0.6) is 5.75 Å². The van der Waals surface area contributed by atoms with Crippen LogP contribution in [0.4, 0.5) is 8.78 Å². The highest BCUT2D eigenvalue weighted by molar-refractivity contribution is 5.98. The average molecular weight is 401 g/mol. The molecule has 1 fully saturated rings. The summed E-state index contributed by atoms with van der Waals surface area (Å²) < 4.78 is 31.6. The van der Waals surface area contributed by atoms with Gasteiger partial charge in [0.2, 0.25) is 11.4 Å². The molecule has 154 valence electrons. The highest BCUT2D eigenvalue weighted by Gasteiger charge is 2.52. The second-order valence-corrected chi connectivity index (χ2v) is 7.70. The minimum atomic E-state index is -2.86. The second-order valence-electron chi connectivity index (χ2n) is 7.70. The van der Waals surface area contributed by atoms with Gasteiger partial charge in [-0.3, -0.25) is 0 Å². The largest absolute Gasteiger partial charge is 0.435 e. The molecule has 1 saturated heterocycles. The Balaban J connectivity index is 1.69. The third-order valence-corrected chi connectivity index (χ3v) is 5.92. The minimum Gasteiger partial charge on any atom is -0.435 e. The number of hydrogen-bond donors (Lipinski definition) is 1. The van der Waals surface area contributed by atoms with Crippen LogP contribution in [-0.4, -0.2) is 40.2 Å². The maximum absolute atomic E-state index is 12.5. The molecule has 0 bridgehead atoms. The number of ether oxygens (including phenoxy) is 1. The van der Waals surface area contributed by atoms with Gasteiger partial charge in [0.15, 0.2) is 6.54 Å². The summed E-state index contributed by atoms with van der Waals surface area (Å²) in [7, 11) is 0. The van der Waals surface area contributed by atoms with Crippen LogP contribution < -0.4 is 4.74 Å². The van der Waals surface area contributed by atoms with Crippen molar-refractivity contribution in [3.63, 3.8) is 0 Å². The van der Waals surface area contributed by atoms with Crippen LogP contribution in [-0.2, 0) is 12.1 Å². The molecule has 2 aromatic carbocycles. The van der Waals surface area contributed by atoms with Crippen molar-refractivity contribution in [1.82, 2.24) is 5.01 Å². The highest BCUT2D eigenvalue weighted by atomic mass is 19.3. The first-order chi connectivity index (χ1) is 14.0. The molecule has 2 aliphatic heterocycles. The van der Waals surface area contributed by atoms with Crippen LogP contribution in [0.15, 0.2) is 48.5 Å². The fraction of sp³-hybridized carbons (Fsp3) is 0.435. The quantitative estimate of drug-likeness (QED) is 0.759. The summed E-state index contributed by atoms with van der Waals surface area (Å²) in [6, 6.07) is 14.9. The molecule has 0 radical (unpaired) electrons. The Morgan fingerprint density at radius 3 is 2.45 bits per heavy atom. The van der Waals surface area contributed by atoms with Crippen LogP contribution in [0.3, 0.4) is 0 Å². The van der Waals surface area contributed by atoms with Gasteiger partial charge in [0.25, 0.3) is 0 Å². The summed E-state index contributed by atoms with van der Waals surface area (Å²) in [4.78, 5) is 0. The van der Waals surface area contributed by atoms with Crippen molar-refractivity contribution in [2.45, 2.75) is 51.4 Å². The van der Waals surface area contributed by atoms with Crippen molar-refractivity contribution in [2.75, 3.05) is 13.1 Å². The van der Waals surface area contributed by atoms with Gasteiger partial charge in [-0.05, 0) is 49.1 Å². The molecule has 4 rings (SSSR count). The molecule has 2 aromatic rings. The maximum atomic E-state index is 12.5. The van der Waals surface area contributed by atoms with Crippen molar-refractivity contribution in [3.05, 3.63) is 65.2 Å². The summed E-state index contributed by atoms with van der Waals surface area (Å²) in [5.74, 6) is 0.0948. The van der Waals surface area contributed by atoms with Gasteiger partial charge in [-0.15, -0.1) is 9.69 Å². The van der Waals surface area contributed by atoms with Gasteiger partial charge in [0.1, 0.15) is 5.75 Å². The summed E-state index contributed by atoms with van der Waals surface area (Å²) in [6.07, 6.45) is 4.64. The third-order valence-electron chi connectivity index (χ3n) is 5.92. The molecule has 0 spiro atoms. The number of halogens is 2. The van der Waals surface area contributed by atoms with E-state index in [0.29, 0.717) is 12.0 Å². The van der Waals surface area contributed by atoms with E-state index in [1.54, 1.807) is 12.1 Å². The summed E-state index contributed by atoms with van der Waals surface area (Å²) in [5.41, 5.74) is 2.98. The van der Waals surface area contributed by atoms with Crippen LogP contribution in [0.25, 0.3) is 0 Å². The molecule has 1 unspecified atom stereocenters. The summed E-state index contributed by atoms with van der Waals surface area (Å²) in [5, 5.41) is 13.8. The first-order valence-corrected chi connectivity index (χ1v) is 10.3. The number of alkyl halides is 2. The maximum Gasteiger partial charge on any atom is 0.387 e. The number of aryl methyl sites for hydroxylation is 1. The lowest BCUT2D eigenvalue weighted by Crippen LogP contribution is -2.46. The van der Waals surface area contributed by atoms with Gasteiger partial charge in [-0.1, -0.05) is 31.2 Å². The molecule has 29 heavy (non-hydrogen) atoms. The number of hydrogen-bond acceptors (Lipinski definition) is 3. The number of nitrogens with zero attached hydrogens (tertiary/aromatic N) is 2. The topological polar surface area (TPSA) is 35.7 Å². The van der Waals surface area contributed by atoms with Crippen molar-refractivity contribution >= 4 is 5.71 Å². The van der Waals surface area contributed by atoms with E-state index in [-0.39, 0.29) is 5.75 Å². The Hall–Kier alpha value is -2.47.